The van der Waals surface area contributed by atoms with Crippen molar-refractivity contribution in [1.29, 1.82) is 0 Å². The average Bonchev–Trinajstić information content (AvgIpc) is 2.71. The summed E-state index contributed by atoms with van der Waals surface area (Å²) in [6.07, 6.45) is 4.18. The highest BCUT2D eigenvalue weighted by Gasteiger charge is 2.11. The number of carbonyl (C=O) groups is 1. The zero-order valence-electron chi connectivity index (χ0n) is 10.7. The van der Waals surface area contributed by atoms with Gasteiger partial charge in [-0.15, -0.1) is 0 Å². The van der Waals surface area contributed by atoms with Crippen LogP contribution in [0.25, 0.3) is 11.0 Å². The number of halogens is 1. The fourth-order valence-corrected chi connectivity index (χ4v) is 2.61. The second-order valence-corrected chi connectivity index (χ2v) is 6.83. The van der Waals surface area contributed by atoms with Crippen LogP contribution in [0.2, 0.25) is 5.15 Å². The van der Waals surface area contributed by atoms with E-state index in [0.717, 1.165) is 6.26 Å². The fourth-order valence-electron chi connectivity index (χ4n) is 1.78. The van der Waals surface area contributed by atoms with Crippen LogP contribution in [-0.2, 0) is 21.2 Å². The zero-order chi connectivity index (χ0) is 14.8. The minimum absolute atomic E-state index is 0.295. The van der Waals surface area contributed by atoms with E-state index in [1.54, 1.807) is 16.8 Å². The van der Waals surface area contributed by atoms with E-state index in [2.05, 4.69) is 15.3 Å². The molecule has 0 fully saturated rings. The Labute approximate surface area is 120 Å². The van der Waals surface area contributed by atoms with Crippen molar-refractivity contribution in [1.82, 2.24) is 19.9 Å². The fraction of sp³-hybridized carbons (Fsp3) is 0.364. The van der Waals surface area contributed by atoms with Gasteiger partial charge in [0.05, 0.1) is 5.52 Å². The van der Waals surface area contributed by atoms with Gasteiger partial charge in [0.2, 0.25) is 5.91 Å². The lowest BCUT2D eigenvalue weighted by molar-refractivity contribution is -0.118. The summed E-state index contributed by atoms with van der Waals surface area (Å²) in [4.78, 5) is 19.3. The second-order valence-electron chi connectivity index (χ2n) is 4.33. The molecule has 0 atom stereocenters. The highest BCUT2D eigenvalue weighted by Crippen LogP contribution is 2.19. The summed E-state index contributed by atoms with van der Waals surface area (Å²) in [5.41, 5.74) is 1.40. The van der Waals surface area contributed by atoms with Gasteiger partial charge in [0, 0.05) is 25.5 Å². The van der Waals surface area contributed by atoms with Crippen molar-refractivity contribution >= 4 is 38.4 Å². The lowest BCUT2D eigenvalue weighted by atomic mass is 10.4. The van der Waals surface area contributed by atoms with Gasteiger partial charge in [-0.25, -0.2) is 18.4 Å². The van der Waals surface area contributed by atoms with Crippen LogP contribution in [0.5, 0.6) is 0 Å². The molecule has 9 heteroatoms. The van der Waals surface area contributed by atoms with Crippen molar-refractivity contribution in [3.63, 3.8) is 0 Å². The third-order valence-electron chi connectivity index (χ3n) is 2.57. The van der Waals surface area contributed by atoms with Gasteiger partial charge in [-0.2, -0.15) is 0 Å². The SMILES string of the molecule is CS(=O)(=O)CC(=O)NCCn1ccc2ncnc(Cl)c21. The number of sulfone groups is 1. The molecule has 2 heterocycles. The third-order valence-corrected chi connectivity index (χ3v) is 3.64. The highest BCUT2D eigenvalue weighted by atomic mass is 35.5. The molecular formula is C11H13ClN4O3S. The number of hydrogen-bond donors (Lipinski definition) is 1. The molecule has 7 nitrogen and oxygen atoms in total. The summed E-state index contributed by atoms with van der Waals surface area (Å²) in [6.45, 7) is 0.745. The molecule has 0 aliphatic carbocycles. The molecule has 108 valence electrons. The minimum atomic E-state index is -3.31. The molecule has 0 spiro atoms. The van der Waals surface area contributed by atoms with Crippen LogP contribution >= 0.6 is 11.6 Å². The van der Waals surface area contributed by atoms with Crippen molar-refractivity contribution < 1.29 is 13.2 Å². The average molecular weight is 317 g/mol. The largest absolute Gasteiger partial charge is 0.353 e. The Hall–Kier alpha value is -1.67. The first-order valence-corrected chi connectivity index (χ1v) is 8.20. The number of nitrogens with zero attached hydrogens (tertiary/aromatic N) is 3. The molecule has 1 N–H and O–H groups in total. The molecule has 0 radical (unpaired) electrons. The van der Waals surface area contributed by atoms with Gasteiger partial charge in [-0.05, 0) is 6.07 Å². The van der Waals surface area contributed by atoms with Gasteiger partial charge in [-0.3, -0.25) is 4.79 Å². The normalized spacial score (nSPS) is 11.7. The van der Waals surface area contributed by atoms with Gasteiger partial charge in [-0.1, -0.05) is 11.6 Å². The maximum atomic E-state index is 11.4. The molecule has 0 unspecified atom stereocenters. The Morgan fingerprint density at radius 1 is 1.45 bits per heavy atom. The van der Waals surface area contributed by atoms with Crippen molar-refractivity contribution in [2.75, 3.05) is 18.6 Å². The van der Waals surface area contributed by atoms with E-state index in [9.17, 15) is 13.2 Å². The summed E-state index contributed by atoms with van der Waals surface area (Å²) >= 11 is 5.99. The molecule has 20 heavy (non-hydrogen) atoms. The van der Waals surface area contributed by atoms with Crippen LogP contribution in [0.4, 0.5) is 0 Å². The quantitative estimate of drug-likeness (QED) is 0.798. The lowest BCUT2D eigenvalue weighted by Gasteiger charge is -2.07. The molecule has 0 aromatic carbocycles. The third kappa shape index (κ3) is 3.67. The standard InChI is InChI=1S/C11H13ClN4O3S/c1-20(18,19)6-9(17)13-3-5-16-4-2-8-10(16)11(12)15-7-14-8/h2,4,7H,3,5-6H2,1H3,(H,13,17). The first-order chi connectivity index (χ1) is 9.37. The lowest BCUT2D eigenvalue weighted by Crippen LogP contribution is -2.32. The van der Waals surface area contributed by atoms with Gasteiger partial charge in [0.1, 0.15) is 17.6 Å². The van der Waals surface area contributed by atoms with E-state index < -0.39 is 21.5 Å². The van der Waals surface area contributed by atoms with E-state index >= 15 is 0 Å². The molecule has 2 aromatic rings. The first kappa shape index (κ1) is 14.7. The van der Waals surface area contributed by atoms with E-state index in [-0.39, 0.29) is 0 Å². The maximum absolute atomic E-state index is 11.4. The predicted octanol–water partition coefficient (Wildman–Crippen LogP) is 0.246. The summed E-state index contributed by atoms with van der Waals surface area (Å²) < 4.78 is 23.7. The number of rotatable bonds is 5. The van der Waals surface area contributed by atoms with E-state index in [0.29, 0.717) is 29.3 Å². The van der Waals surface area contributed by atoms with Gasteiger partial charge in [0.25, 0.3) is 0 Å². The summed E-state index contributed by atoms with van der Waals surface area (Å²) in [5.74, 6) is -1.03. The zero-order valence-corrected chi connectivity index (χ0v) is 12.3. The number of hydrogen-bond acceptors (Lipinski definition) is 5. The second kappa shape index (κ2) is 5.76. The Morgan fingerprint density at radius 2 is 2.20 bits per heavy atom. The monoisotopic (exact) mass is 316 g/mol. The smallest absolute Gasteiger partial charge is 0.235 e. The van der Waals surface area contributed by atoms with Crippen LogP contribution in [-0.4, -0.2) is 47.4 Å². The van der Waals surface area contributed by atoms with E-state index in [4.69, 9.17) is 11.6 Å². The minimum Gasteiger partial charge on any atom is -0.353 e. The topological polar surface area (TPSA) is 94.0 Å². The highest BCUT2D eigenvalue weighted by molar-refractivity contribution is 7.91. The molecule has 2 rings (SSSR count). The number of amides is 1. The molecule has 0 saturated heterocycles. The van der Waals surface area contributed by atoms with Crippen LogP contribution in [0, 0.1) is 0 Å². The molecule has 0 aliphatic heterocycles. The van der Waals surface area contributed by atoms with Gasteiger partial charge in [0.15, 0.2) is 15.0 Å². The summed E-state index contributed by atoms with van der Waals surface area (Å²) in [5, 5.41) is 2.87. The molecule has 2 aromatic heterocycles. The van der Waals surface area contributed by atoms with Crippen LogP contribution in [0.3, 0.4) is 0 Å². The van der Waals surface area contributed by atoms with Crippen molar-refractivity contribution in [3.8, 4) is 0 Å². The predicted molar refractivity (Wildman–Crippen MR) is 75.3 cm³/mol. The van der Waals surface area contributed by atoms with Crippen molar-refractivity contribution in [3.05, 3.63) is 23.7 Å². The summed E-state index contributed by atoms with van der Waals surface area (Å²) in [6, 6.07) is 1.79. The van der Waals surface area contributed by atoms with Crippen molar-refractivity contribution in [2.45, 2.75) is 6.54 Å². The van der Waals surface area contributed by atoms with Crippen LogP contribution in [0.1, 0.15) is 0 Å². The molecule has 0 saturated carbocycles. The Balaban J connectivity index is 1.99. The number of aromatic nitrogens is 3. The van der Waals surface area contributed by atoms with Crippen LogP contribution in [0.15, 0.2) is 18.6 Å². The molecule has 1 amide bonds. The van der Waals surface area contributed by atoms with Crippen LogP contribution < -0.4 is 5.32 Å². The van der Waals surface area contributed by atoms with E-state index in [1.807, 2.05) is 0 Å². The Morgan fingerprint density at radius 3 is 2.90 bits per heavy atom. The molecular weight excluding hydrogens is 304 g/mol. The maximum Gasteiger partial charge on any atom is 0.235 e. The van der Waals surface area contributed by atoms with Gasteiger partial charge < -0.3 is 9.88 Å². The number of carbonyl (C=O) groups excluding carboxylic acids is 1. The Kier molecular flexibility index (Phi) is 4.24. The Bertz CT molecular complexity index is 741. The number of nitrogens with one attached hydrogen (secondary N) is 1. The number of fused-ring (bicyclic) bond motifs is 1. The van der Waals surface area contributed by atoms with Crippen molar-refractivity contribution in [2.24, 2.45) is 0 Å². The first-order valence-electron chi connectivity index (χ1n) is 5.76. The van der Waals surface area contributed by atoms with E-state index in [1.165, 1.54) is 6.33 Å². The summed E-state index contributed by atoms with van der Waals surface area (Å²) in [7, 11) is -3.31. The molecule has 0 bridgehead atoms. The van der Waals surface area contributed by atoms with Gasteiger partial charge >= 0.3 is 0 Å². The molecule has 0 aliphatic rings.